The summed E-state index contributed by atoms with van der Waals surface area (Å²) in [5.41, 5.74) is 0. The number of rotatable bonds is 40. The lowest BCUT2D eigenvalue weighted by Crippen LogP contribution is -2.45. The molecule has 0 rings (SSSR count). The van der Waals surface area contributed by atoms with E-state index in [-0.39, 0.29) is 12.5 Å². The van der Waals surface area contributed by atoms with Crippen LogP contribution in [0.3, 0.4) is 0 Å². The van der Waals surface area contributed by atoms with Gasteiger partial charge in [-0.1, -0.05) is 224 Å². The van der Waals surface area contributed by atoms with E-state index in [1.807, 2.05) is 6.08 Å². The summed E-state index contributed by atoms with van der Waals surface area (Å²) in [7, 11) is 0. The summed E-state index contributed by atoms with van der Waals surface area (Å²) >= 11 is 0. The number of nitrogens with one attached hydrogen (secondary N) is 1. The van der Waals surface area contributed by atoms with E-state index in [1.54, 1.807) is 6.08 Å². The summed E-state index contributed by atoms with van der Waals surface area (Å²) in [5, 5.41) is 22.9. The molecule has 2 atom stereocenters. The molecular weight excluding hydrogens is 602 g/mol. The van der Waals surface area contributed by atoms with Gasteiger partial charge in [0.25, 0.3) is 0 Å². The normalized spacial score (nSPS) is 13.1. The van der Waals surface area contributed by atoms with Gasteiger partial charge in [0.2, 0.25) is 5.91 Å². The number of unbranched alkanes of at least 4 members (excludes halogenated alkanes) is 31. The number of carbonyl (C=O) groups excluding carboxylic acids is 1. The minimum Gasteiger partial charge on any atom is -0.394 e. The molecule has 0 aliphatic heterocycles. The minimum atomic E-state index is -0.857. The summed E-state index contributed by atoms with van der Waals surface area (Å²) in [4.78, 5) is 12.3. The van der Waals surface area contributed by atoms with Crippen molar-refractivity contribution in [3.05, 3.63) is 24.3 Å². The Morgan fingerprint density at radius 3 is 1.18 bits per heavy atom. The SMILES string of the molecule is CCCCCCCCCCCCCCCCCCCCCCC/C=C/CC/C=C/C(O)C(CO)NC(=O)CCCCCCCCCCCC. The fourth-order valence-corrected chi connectivity index (χ4v) is 6.78. The highest BCUT2D eigenvalue weighted by atomic mass is 16.3. The van der Waals surface area contributed by atoms with E-state index in [0.29, 0.717) is 6.42 Å². The molecule has 0 aromatic rings. The topological polar surface area (TPSA) is 69.6 Å². The average Bonchev–Trinajstić information content (AvgIpc) is 3.10. The van der Waals surface area contributed by atoms with Crippen molar-refractivity contribution in [1.29, 1.82) is 0 Å². The highest BCUT2D eigenvalue weighted by Gasteiger charge is 2.17. The molecule has 0 bridgehead atoms. The van der Waals surface area contributed by atoms with Crippen LogP contribution in [0.15, 0.2) is 24.3 Å². The Kier molecular flexibility index (Phi) is 40.3. The molecule has 0 spiro atoms. The van der Waals surface area contributed by atoms with Gasteiger partial charge in [-0.3, -0.25) is 4.79 Å². The van der Waals surface area contributed by atoms with Crippen LogP contribution in [-0.4, -0.2) is 34.9 Å². The smallest absolute Gasteiger partial charge is 0.220 e. The van der Waals surface area contributed by atoms with E-state index in [1.165, 1.54) is 186 Å². The van der Waals surface area contributed by atoms with Gasteiger partial charge in [0.15, 0.2) is 0 Å². The van der Waals surface area contributed by atoms with Crippen LogP contribution in [0.25, 0.3) is 0 Å². The van der Waals surface area contributed by atoms with Crippen molar-refractivity contribution in [2.45, 2.75) is 251 Å². The first kappa shape index (κ1) is 47.9. The van der Waals surface area contributed by atoms with Gasteiger partial charge in [-0.05, 0) is 32.1 Å². The number of allylic oxidation sites excluding steroid dienone is 3. The molecule has 0 saturated carbocycles. The zero-order valence-electron chi connectivity index (χ0n) is 33.2. The highest BCUT2D eigenvalue weighted by Crippen LogP contribution is 2.16. The van der Waals surface area contributed by atoms with Gasteiger partial charge in [0.1, 0.15) is 0 Å². The second kappa shape index (κ2) is 41.3. The van der Waals surface area contributed by atoms with Crippen LogP contribution in [-0.2, 0) is 4.79 Å². The Morgan fingerprint density at radius 2 is 0.796 bits per heavy atom. The van der Waals surface area contributed by atoms with E-state index in [2.05, 4.69) is 31.3 Å². The fourth-order valence-electron chi connectivity index (χ4n) is 6.78. The first-order valence-electron chi connectivity index (χ1n) is 22.1. The van der Waals surface area contributed by atoms with Crippen molar-refractivity contribution in [2.24, 2.45) is 0 Å². The van der Waals surface area contributed by atoms with Crippen molar-refractivity contribution in [3.63, 3.8) is 0 Å². The van der Waals surface area contributed by atoms with Crippen LogP contribution in [0.1, 0.15) is 239 Å². The number of aliphatic hydroxyl groups is 2. The molecule has 0 saturated heterocycles. The molecule has 4 heteroatoms. The maximum atomic E-state index is 12.3. The first-order chi connectivity index (χ1) is 24.2. The summed E-state index contributed by atoms with van der Waals surface area (Å²) in [5.74, 6) is -0.0748. The van der Waals surface area contributed by atoms with E-state index in [4.69, 9.17) is 0 Å². The Morgan fingerprint density at radius 1 is 0.469 bits per heavy atom. The quantitative estimate of drug-likeness (QED) is 0.0443. The second-order valence-electron chi connectivity index (χ2n) is 15.1. The summed E-state index contributed by atoms with van der Waals surface area (Å²) in [6.07, 6.45) is 53.1. The zero-order chi connectivity index (χ0) is 35.7. The van der Waals surface area contributed by atoms with Gasteiger partial charge >= 0.3 is 0 Å². The molecule has 49 heavy (non-hydrogen) atoms. The standard InChI is InChI=1S/C45H87NO3/c1-3-5-7-9-11-13-15-16-17-18-19-20-21-22-23-24-25-26-27-28-29-30-31-32-34-36-38-40-44(48)43(42-47)46-45(49)41-39-37-35-33-14-12-10-8-6-4-2/h31-32,38,40,43-44,47-48H,3-30,33-37,39,41-42H2,1-2H3,(H,46,49)/b32-31+,40-38+. The van der Waals surface area contributed by atoms with Crippen molar-refractivity contribution in [3.8, 4) is 0 Å². The van der Waals surface area contributed by atoms with Crippen molar-refractivity contribution in [2.75, 3.05) is 6.61 Å². The molecule has 0 aromatic heterocycles. The second-order valence-corrected chi connectivity index (χ2v) is 15.1. The lowest BCUT2D eigenvalue weighted by Gasteiger charge is -2.19. The predicted octanol–water partition coefficient (Wildman–Crippen LogP) is 13.6. The molecule has 3 N–H and O–H groups in total. The molecule has 0 aliphatic carbocycles. The van der Waals surface area contributed by atoms with Gasteiger partial charge in [-0.25, -0.2) is 0 Å². The maximum absolute atomic E-state index is 12.3. The van der Waals surface area contributed by atoms with Gasteiger partial charge in [-0.15, -0.1) is 0 Å². The van der Waals surface area contributed by atoms with E-state index in [0.717, 1.165) is 32.1 Å². The Hall–Kier alpha value is -1.13. The molecule has 0 radical (unpaired) electrons. The average molecular weight is 690 g/mol. The zero-order valence-corrected chi connectivity index (χ0v) is 33.2. The number of hydrogen-bond donors (Lipinski definition) is 3. The molecule has 0 aliphatic rings. The van der Waals surface area contributed by atoms with Crippen LogP contribution in [0.2, 0.25) is 0 Å². The fraction of sp³-hybridized carbons (Fsp3) is 0.889. The van der Waals surface area contributed by atoms with Crippen LogP contribution < -0.4 is 5.32 Å². The third-order valence-electron chi connectivity index (χ3n) is 10.2. The third-order valence-corrected chi connectivity index (χ3v) is 10.2. The minimum absolute atomic E-state index is 0.0748. The van der Waals surface area contributed by atoms with Gasteiger partial charge in [0, 0.05) is 6.42 Å². The highest BCUT2D eigenvalue weighted by molar-refractivity contribution is 5.76. The van der Waals surface area contributed by atoms with Crippen molar-refractivity contribution >= 4 is 5.91 Å². The molecular formula is C45H87NO3. The number of hydrogen-bond acceptors (Lipinski definition) is 3. The Labute approximate surface area is 307 Å². The van der Waals surface area contributed by atoms with E-state index in [9.17, 15) is 15.0 Å². The van der Waals surface area contributed by atoms with Crippen LogP contribution in [0, 0.1) is 0 Å². The largest absolute Gasteiger partial charge is 0.394 e. The van der Waals surface area contributed by atoms with Crippen LogP contribution in [0.5, 0.6) is 0 Å². The number of amides is 1. The van der Waals surface area contributed by atoms with E-state index >= 15 is 0 Å². The molecule has 0 fully saturated rings. The predicted molar refractivity (Wildman–Crippen MR) is 216 cm³/mol. The van der Waals surface area contributed by atoms with Crippen molar-refractivity contribution in [1.82, 2.24) is 5.32 Å². The Balaban J connectivity index is 3.51. The first-order valence-corrected chi connectivity index (χ1v) is 22.1. The van der Waals surface area contributed by atoms with Gasteiger partial charge < -0.3 is 15.5 Å². The maximum Gasteiger partial charge on any atom is 0.220 e. The van der Waals surface area contributed by atoms with Gasteiger partial charge in [-0.2, -0.15) is 0 Å². The van der Waals surface area contributed by atoms with Crippen LogP contribution >= 0.6 is 0 Å². The summed E-state index contributed by atoms with van der Waals surface area (Å²) < 4.78 is 0. The van der Waals surface area contributed by atoms with Crippen molar-refractivity contribution < 1.29 is 15.0 Å². The molecule has 0 heterocycles. The Bertz CT molecular complexity index is 705. The lowest BCUT2D eigenvalue weighted by molar-refractivity contribution is -0.123. The summed E-state index contributed by atoms with van der Waals surface area (Å²) in [6, 6.07) is -0.633. The van der Waals surface area contributed by atoms with E-state index < -0.39 is 12.1 Å². The molecule has 0 aromatic carbocycles. The molecule has 2 unspecified atom stereocenters. The molecule has 1 amide bonds. The lowest BCUT2D eigenvalue weighted by atomic mass is 10.0. The van der Waals surface area contributed by atoms with Gasteiger partial charge in [0.05, 0.1) is 18.8 Å². The summed E-state index contributed by atoms with van der Waals surface area (Å²) in [6.45, 7) is 4.29. The third kappa shape index (κ3) is 37.9. The monoisotopic (exact) mass is 690 g/mol. The molecule has 4 nitrogen and oxygen atoms in total. The van der Waals surface area contributed by atoms with Crippen LogP contribution in [0.4, 0.5) is 0 Å². The number of carbonyl (C=O) groups is 1. The number of aliphatic hydroxyl groups excluding tert-OH is 2. The molecule has 290 valence electrons.